The van der Waals surface area contributed by atoms with Crippen LogP contribution < -0.4 is 0 Å². The number of carbonyl (C=O) groups excluding carboxylic acids is 1. The number of hydrogen-bond donors (Lipinski definition) is 0. The molecule has 1 aromatic heterocycles. The zero-order valence-electron chi connectivity index (χ0n) is 12.2. The summed E-state index contributed by atoms with van der Waals surface area (Å²) in [5.74, 6) is 0.253. The fourth-order valence-corrected chi connectivity index (χ4v) is 4.06. The summed E-state index contributed by atoms with van der Waals surface area (Å²) in [7, 11) is 0. The molecule has 1 amide bonds. The molecular weight excluding hydrogens is 272 g/mol. The van der Waals surface area contributed by atoms with Gasteiger partial charge in [-0.1, -0.05) is 0 Å². The monoisotopic (exact) mass is 294 g/mol. The highest BCUT2D eigenvalue weighted by atomic mass is 32.1. The third-order valence-corrected chi connectivity index (χ3v) is 5.04. The quantitative estimate of drug-likeness (QED) is 0.833. The third-order valence-electron chi connectivity index (χ3n) is 4.01. The second kappa shape index (κ2) is 5.84. The number of morpholine rings is 1. The van der Waals surface area contributed by atoms with E-state index < -0.39 is 0 Å². The Morgan fingerprint density at radius 3 is 2.90 bits per heavy atom. The Hall–Kier alpha value is -0.910. The molecule has 0 unspecified atom stereocenters. The van der Waals surface area contributed by atoms with Crippen molar-refractivity contribution in [1.82, 2.24) is 9.80 Å². The number of rotatable bonds is 2. The Kier molecular flexibility index (Phi) is 4.10. The SMILES string of the molecule is C[C@@H]1CN(CC(=O)N2CCc3sccc3C2)C[C@@H](C)O1. The van der Waals surface area contributed by atoms with E-state index in [4.69, 9.17) is 4.74 Å². The van der Waals surface area contributed by atoms with Gasteiger partial charge in [-0.15, -0.1) is 11.3 Å². The number of ether oxygens (including phenoxy) is 1. The highest BCUT2D eigenvalue weighted by Gasteiger charge is 2.27. The van der Waals surface area contributed by atoms with Gasteiger partial charge in [0.2, 0.25) is 5.91 Å². The van der Waals surface area contributed by atoms with Crippen LogP contribution in [-0.4, -0.2) is 54.1 Å². The van der Waals surface area contributed by atoms with Crippen LogP contribution in [0.3, 0.4) is 0 Å². The maximum absolute atomic E-state index is 12.5. The molecule has 3 rings (SSSR count). The van der Waals surface area contributed by atoms with Crippen molar-refractivity contribution in [2.45, 2.75) is 39.0 Å². The van der Waals surface area contributed by atoms with Crippen molar-refractivity contribution in [3.63, 3.8) is 0 Å². The van der Waals surface area contributed by atoms with E-state index in [-0.39, 0.29) is 18.1 Å². The number of carbonyl (C=O) groups is 1. The first-order valence-electron chi connectivity index (χ1n) is 7.32. The smallest absolute Gasteiger partial charge is 0.237 e. The number of fused-ring (bicyclic) bond motifs is 1. The third kappa shape index (κ3) is 3.05. The highest BCUT2D eigenvalue weighted by molar-refractivity contribution is 7.10. The van der Waals surface area contributed by atoms with E-state index in [9.17, 15) is 4.79 Å². The standard InChI is InChI=1S/C15H22N2O2S/c1-11-7-16(8-12(2)19-11)10-15(18)17-5-3-14-13(9-17)4-6-20-14/h4,6,11-12H,3,5,7-10H2,1-2H3/t11-,12-/m1/s1. The van der Waals surface area contributed by atoms with Crippen LogP contribution in [0.1, 0.15) is 24.3 Å². The van der Waals surface area contributed by atoms with E-state index in [1.807, 2.05) is 16.2 Å². The minimum atomic E-state index is 0.219. The molecule has 2 aliphatic heterocycles. The molecule has 1 fully saturated rings. The molecule has 0 bridgehead atoms. The van der Waals surface area contributed by atoms with Gasteiger partial charge in [-0.3, -0.25) is 9.69 Å². The van der Waals surface area contributed by atoms with Crippen molar-refractivity contribution < 1.29 is 9.53 Å². The molecule has 0 aliphatic carbocycles. The van der Waals surface area contributed by atoms with Crippen molar-refractivity contribution in [2.75, 3.05) is 26.2 Å². The van der Waals surface area contributed by atoms with Crippen LogP contribution in [-0.2, 0) is 22.5 Å². The lowest BCUT2D eigenvalue weighted by Crippen LogP contribution is -2.50. The average molecular weight is 294 g/mol. The van der Waals surface area contributed by atoms with Gasteiger partial charge < -0.3 is 9.64 Å². The first-order valence-corrected chi connectivity index (χ1v) is 8.20. The summed E-state index contributed by atoms with van der Waals surface area (Å²) >= 11 is 1.81. The minimum absolute atomic E-state index is 0.219. The summed E-state index contributed by atoms with van der Waals surface area (Å²) in [5.41, 5.74) is 1.33. The van der Waals surface area contributed by atoms with E-state index in [0.717, 1.165) is 32.6 Å². The van der Waals surface area contributed by atoms with Gasteiger partial charge >= 0.3 is 0 Å². The molecule has 0 radical (unpaired) electrons. The molecule has 1 saturated heterocycles. The Morgan fingerprint density at radius 1 is 1.40 bits per heavy atom. The largest absolute Gasteiger partial charge is 0.373 e. The molecule has 5 heteroatoms. The van der Waals surface area contributed by atoms with Crippen LogP contribution >= 0.6 is 11.3 Å². The Labute approximate surface area is 124 Å². The Bertz CT molecular complexity index is 478. The van der Waals surface area contributed by atoms with Crippen LogP contribution in [0.15, 0.2) is 11.4 Å². The summed E-state index contributed by atoms with van der Waals surface area (Å²) in [6.45, 7) is 8.03. The minimum Gasteiger partial charge on any atom is -0.373 e. The molecule has 0 N–H and O–H groups in total. The molecule has 20 heavy (non-hydrogen) atoms. The number of thiophene rings is 1. The van der Waals surface area contributed by atoms with Crippen molar-refractivity contribution in [3.8, 4) is 0 Å². The van der Waals surface area contributed by atoms with E-state index >= 15 is 0 Å². The molecule has 4 nitrogen and oxygen atoms in total. The summed E-state index contributed by atoms with van der Waals surface area (Å²) in [6, 6.07) is 2.15. The van der Waals surface area contributed by atoms with Gasteiger partial charge in [0, 0.05) is 31.1 Å². The first-order chi connectivity index (χ1) is 9.61. The van der Waals surface area contributed by atoms with Crippen LogP contribution in [0.4, 0.5) is 0 Å². The number of hydrogen-bond acceptors (Lipinski definition) is 4. The Morgan fingerprint density at radius 2 is 2.15 bits per heavy atom. The van der Waals surface area contributed by atoms with Gasteiger partial charge in [0.25, 0.3) is 0 Å². The zero-order valence-corrected chi connectivity index (χ0v) is 13.0. The van der Waals surface area contributed by atoms with Crippen LogP contribution in [0.5, 0.6) is 0 Å². The average Bonchev–Trinajstić information content (AvgIpc) is 2.84. The number of amides is 1. The summed E-state index contributed by atoms with van der Waals surface area (Å²) in [4.78, 5) is 18.1. The molecule has 3 heterocycles. The van der Waals surface area contributed by atoms with Gasteiger partial charge in [-0.05, 0) is 37.3 Å². The van der Waals surface area contributed by atoms with Crippen molar-refractivity contribution in [2.24, 2.45) is 0 Å². The number of nitrogens with zero attached hydrogens (tertiary/aromatic N) is 2. The highest BCUT2D eigenvalue weighted by Crippen LogP contribution is 2.24. The van der Waals surface area contributed by atoms with E-state index in [1.165, 1.54) is 10.4 Å². The predicted molar refractivity (Wildman–Crippen MR) is 79.9 cm³/mol. The second-order valence-electron chi connectivity index (χ2n) is 5.89. The first kappa shape index (κ1) is 14.0. The second-order valence-corrected chi connectivity index (χ2v) is 6.89. The van der Waals surface area contributed by atoms with Crippen molar-refractivity contribution in [1.29, 1.82) is 0 Å². The molecule has 0 aromatic carbocycles. The van der Waals surface area contributed by atoms with Crippen molar-refractivity contribution in [3.05, 3.63) is 21.9 Å². The molecule has 2 atom stereocenters. The summed E-state index contributed by atoms with van der Waals surface area (Å²) < 4.78 is 5.71. The lowest BCUT2D eigenvalue weighted by Gasteiger charge is -2.36. The van der Waals surface area contributed by atoms with Crippen LogP contribution in [0, 0.1) is 0 Å². The normalized spacial score (nSPS) is 27.4. The van der Waals surface area contributed by atoms with Gasteiger partial charge in [0.15, 0.2) is 0 Å². The topological polar surface area (TPSA) is 32.8 Å². The maximum atomic E-state index is 12.5. The van der Waals surface area contributed by atoms with E-state index in [1.54, 1.807) is 0 Å². The summed E-state index contributed by atoms with van der Waals surface area (Å²) in [6.07, 6.45) is 1.45. The lowest BCUT2D eigenvalue weighted by molar-refractivity contribution is -0.136. The van der Waals surface area contributed by atoms with Crippen molar-refractivity contribution >= 4 is 17.2 Å². The lowest BCUT2D eigenvalue weighted by atomic mass is 10.1. The molecule has 0 saturated carbocycles. The molecule has 2 aliphatic rings. The molecule has 0 spiro atoms. The fraction of sp³-hybridized carbons (Fsp3) is 0.667. The Balaban J connectivity index is 1.57. The zero-order chi connectivity index (χ0) is 14.1. The van der Waals surface area contributed by atoms with Gasteiger partial charge in [-0.25, -0.2) is 0 Å². The predicted octanol–water partition coefficient (Wildman–Crippen LogP) is 1.74. The van der Waals surface area contributed by atoms with Crippen LogP contribution in [0.25, 0.3) is 0 Å². The summed E-state index contributed by atoms with van der Waals surface area (Å²) in [5, 5.41) is 2.13. The molecular formula is C15H22N2O2S. The van der Waals surface area contributed by atoms with E-state index in [2.05, 4.69) is 30.2 Å². The van der Waals surface area contributed by atoms with Gasteiger partial charge in [0.05, 0.1) is 18.8 Å². The van der Waals surface area contributed by atoms with E-state index in [0.29, 0.717) is 6.54 Å². The van der Waals surface area contributed by atoms with Gasteiger partial charge in [0.1, 0.15) is 0 Å². The van der Waals surface area contributed by atoms with Gasteiger partial charge in [-0.2, -0.15) is 0 Å². The fourth-order valence-electron chi connectivity index (χ4n) is 3.17. The molecule has 110 valence electrons. The van der Waals surface area contributed by atoms with Crippen LogP contribution in [0.2, 0.25) is 0 Å². The maximum Gasteiger partial charge on any atom is 0.237 e. The molecule has 1 aromatic rings.